The summed E-state index contributed by atoms with van der Waals surface area (Å²) in [5, 5.41) is 0. The minimum Gasteiger partial charge on any atom is -0.336 e. The topological polar surface area (TPSA) is 57.7 Å². The molecular formula is C18H18F2N2O3S. The number of carbonyl (C=O) groups excluding carboxylic acids is 1. The molecule has 0 atom stereocenters. The second kappa shape index (κ2) is 7.13. The molecule has 0 radical (unpaired) electrons. The summed E-state index contributed by atoms with van der Waals surface area (Å²) in [5.41, 5.74) is 0.568. The lowest BCUT2D eigenvalue weighted by molar-refractivity contribution is 0.0697. The first-order valence-electron chi connectivity index (χ1n) is 8.10. The van der Waals surface area contributed by atoms with Gasteiger partial charge in [-0.2, -0.15) is 4.31 Å². The molecule has 1 saturated heterocycles. The second-order valence-corrected chi connectivity index (χ2v) is 8.02. The molecule has 26 heavy (non-hydrogen) atoms. The first-order chi connectivity index (χ1) is 12.3. The van der Waals surface area contributed by atoms with E-state index < -0.39 is 21.7 Å². The molecule has 0 bridgehead atoms. The molecule has 0 aliphatic carbocycles. The molecule has 1 heterocycles. The molecule has 1 fully saturated rings. The largest absolute Gasteiger partial charge is 0.336 e. The van der Waals surface area contributed by atoms with E-state index in [0.29, 0.717) is 5.56 Å². The molecule has 0 spiro atoms. The maximum atomic E-state index is 13.3. The number of nitrogens with zero attached hydrogens (tertiary/aromatic N) is 2. The lowest BCUT2D eigenvalue weighted by Crippen LogP contribution is -2.50. The lowest BCUT2D eigenvalue weighted by atomic mass is 10.2. The number of halogens is 2. The summed E-state index contributed by atoms with van der Waals surface area (Å²) in [6.07, 6.45) is 0. The van der Waals surface area contributed by atoms with Gasteiger partial charge >= 0.3 is 0 Å². The van der Waals surface area contributed by atoms with E-state index in [0.717, 1.165) is 12.1 Å². The monoisotopic (exact) mass is 380 g/mol. The van der Waals surface area contributed by atoms with E-state index in [1.165, 1.54) is 39.5 Å². The van der Waals surface area contributed by atoms with Gasteiger partial charge in [0.15, 0.2) is 0 Å². The van der Waals surface area contributed by atoms with Crippen LogP contribution >= 0.6 is 0 Å². The van der Waals surface area contributed by atoms with Crippen molar-refractivity contribution in [2.75, 3.05) is 26.2 Å². The van der Waals surface area contributed by atoms with Gasteiger partial charge in [-0.3, -0.25) is 4.79 Å². The first-order valence-corrected chi connectivity index (χ1v) is 9.54. The predicted octanol–water partition coefficient (Wildman–Crippen LogP) is 2.42. The molecule has 1 amide bonds. The highest BCUT2D eigenvalue weighted by molar-refractivity contribution is 7.89. The first kappa shape index (κ1) is 18.5. The number of benzene rings is 2. The lowest BCUT2D eigenvalue weighted by Gasteiger charge is -2.34. The zero-order valence-corrected chi connectivity index (χ0v) is 15.0. The molecule has 2 aromatic carbocycles. The van der Waals surface area contributed by atoms with Gasteiger partial charge in [-0.15, -0.1) is 0 Å². The number of hydrogen-bond donors (Lipinski definition) is 0. The van der Waals surface area contributed by atoms with Crippen molar-refractivity contribution in [2.45, 2.75) is 11.8 Å². The summed E-state index contributed by atoms with van der Waals surface area (Å²) < 4.78 is 53.3. The second-order valence-electron chi connectivity index (χ2n) is 6.12. The summed E-state index contributed by atoms with van der Waals surface area (Å²) in [4.78, 5) is 14.0. The Hall–Kier alpha value is -2.32. The highest BCUT2D eigenvalue weighted by atomic mass is 32.2. The van der Waals surface area contributed by atoms with Gasteiger partial charge in [-0.05, 0) is 48.9 Å². The van der Waals surface area contributed by atoms with Crippen molar-refractivity contribution < 1.29 is 22.0 Å². The molecule has 0 N–H and O–H groups in total. The summed E-state index contributed by atoms with van der Waals surface area (Å²) in [6, 6.07) is 8.95. The van der Waals surface area contributed by atoms with Gasteiger partial charge in [-0.25, -0.2) is 17.2 Å². The van der Waals surface area contributed by atoms with Gasteiger partial charge < -0.3 is 4.90 Å². The Bertz CT molecular complexity index is 939. The molecule has 1 aliphatic heterocycles. The van der Waals surface area contributed by atoms with Crippen LogP contribution in [-0.2, 0) is 10.0 Å². The normalized spacial score (nSPS) is 15.9. The molecule has 1 aliphatic rings. The maximum absolute atomic E-state index is 13.3. The summed E-state index contributed by atoms with van der Waals surface area (Å²) >= 11 is 0. The molecule has 0 aromatic heterocycles. The van der Waals surface area contributed by atoms with E-state index in [2.05, 4.69) is 0 Å². The van der Waals surface area contributed by atoms with Gasteiger partial charge in [0.25, 0.3) is 5.91 Å². The number of piperazine rings is 1. The Morgan fingerprint density at radius 2 is 1.62 bits per heavy atom. The van der Waals surface area contributed by atoms with Crippen LogP contribution < -0.4 is 0 Å². The Morgan fingerprint density at radius 1 is 0.962 bits per heavy atom. The van der Waals surface area contributed by atoms with Crippen LogP contribution in [0.2, 0.25) is 0 Å². The van der Waals surface area contributed by atoms with Crippen LogP contribution in [0.25, 0.3) is 0 Å². The van der Waals surface area contributed by atoms with Gasteiger partial charge in [0, 0.05) is 31.7 Å². The van der Waals surface area contributed by atoms with Crippen molar-refractivity contribution in [3.8, 4) is 0 Å². The van der Waals surface area contributed by atoms with E-state index in [1.54, 1.807) is 6.92 Å². The van der Waals surface area contributed by atoms with E-state index in [9.17, 15) is 22.0 Å². The van der Waals surface area contributed by atoms with Crippen molar-refractivity contribution in [3.05, 3.63) is 65.2 Å². The Kier molecular flexibility index (Phi) is 5.06. The average molecular weight is 380 g/mol. The van der Waals surface area contributed by atoms with Crippen LogP contribution in [0.3, 0.4) is 0 Å². The molecule has 138 valence electrons. The molecule has 8 heteroatoms. The van der Waals surface area contributed by atoms with Crippen molar-refractivity contribution in [2.24, 2.45) is 0 Å². The number of aryl methyl sites for hydroxylation is 1. The van der Waals surface area contributed by atoms with Crippen molar-refractivity contribution >= 4 is 15.9 Å². The SMILES string of the molecule is Cc1cc(F)ccc1S(=O)(=O)N1CCN(C(=O)c2cccc(F)c2)CC1. The number of amides is 1. The van der Waals surface area contributed by atoms with Crippen LogP contribution in [0, 0.1) is 18.6 Å². The fourth-order valence-corrected chi connectivity index (χ4v) is 4.60. The smallest absolute Gasteiger partial charge is 0.254 e. The summed E-state index contributed by atoms with van der Waals surface area (Å²) in [7, 11) is -3.76. The van der Waals surface area contributed by atoms with Crippen LogP contribution in [0.4, 0.5) is 8.78 Å². The number of rotatable bonds is 3. The van der Waals surface area contributed by atoms with Crippen LogP contribution in [0.15, 0.2) is 47.4 Å². The van der Waals surface area contributed by atoms with E-state index >= 15 is 0 Å². The third kappa shape index (κ3) is 3.61. The fraction of sp³-hybridized carbons (Fsp3) is 0.278. The average Bonchev–Trinajstić information content (AvgIpc) is 2.61. The van der Waals surface area contributed by atoms with Crippen molar-refractivity contribution in [1.82, 2.24) is 9.21 Å². The fourth-order valence-electron chi connectivity index (χ4n) is 2.98. The molecule has 2 aromatic rings. The molecule has 0 unspecified atom stereocenters. The number of hydrogen-bond acceptors (Lipinski definition) is 3. The van der Waals surface area contributed by atoms with Gasteiger partial charge in [0.1, 0.15) is 11.6 Å². The van der Waals surface area contributed by atoms with Crippen molar-refractivity contribution in [3.63, 3.8) is 0 Å². The van der Waals surface area contributed by atoms with E-state index in [1.807, 2.05) is 0 Å². The molecule has 3 rings (SSSR count). The Balaban J connectivity index is 1.72. The molecular weight excluding hydrogens is 362 g/mol. The van der Waals surface area contributed by atoms with Crippen LogP contribution in [0.1, 0.15) is 15.9 Å². The summed E-state index contributed by atoms with van der Waals surface area (Å²) in [6.45, 7) is 2.20. The van der Waals surface area contributed by atoms with E-state index in [4.69, 9.17) is 0 Å². The quantitative estimate of drug-likeness (QED) is 0.822. The van der Waals surface area contributed by atoms with E-state index in [-0.39, 0.29) is 42.5 Å². The van der Waals surface area contributed by atoms with Crippen LogP contribution in [-0.4, -0.2) is 49.7 Å². The Labute approximate surface area is 150 Å². The third-order valence-electron chi connectivity index (χ3n) is 4.35. The molecule has 5 nitrogen and oxygen atoms in total. The van der Waals surface area contributed by atoms with Gasteiger partial charge in [0.2, 0.25) is 10.0 Å². The minimum absolute atomic E-state index is 0.0591. The minimum atomic E-state index is -3.76. The predicted molar refractivity (Wildman–Crippen MR) is 92.2 cm³/mol. The third-order valence-corrected chi connectivity index (χ3v) is 6.41. The maximum Gasteiger partial charge on any atom is 0.254 e. The number of sulfonamides is 1. The standard InChI is InChI=1S/C18H18F2N2O3S/c1-13-11-16(20)5-6-17(13)26(24,25)22-9-7-21(8-10-22)18(23)14-3-2-4-15(19)12-14/h2-6,11-12H,7-10H2,1H3. The number of carbonyl (C=O) groups is 1. The zero-order chi connectivity index (χ0) is 18.9. The highest BCUT2D eigenvalue weighted by Gasteiger charge is 2.31. The van der Waals surface area contributed by atoms with Gasteiger partial charge in [0.05, 0.1) is 4.90 Å². The Morgan fingerprint density at radius 3 is 2.23 bits per heavy atom. The highest BCUT2D eigenvalue weighted by Crippen LogP contribution is 2.22. The van der Waals surface area contributed by atoms with Gasteiger partial charge in [-0.1, -0.05) is 6.07 Å². The molecule has 0 saturated carbocycles. The summed E-state index contributed by atoms with van der Waals surface area (Å²) in [5.74, 6) is -1.32. The van der Waals surface area contributed by atoms with Crippen molar-refractivity contribution in [1.29, 1.82) is 0 Å². The van der Waals surface area contributed by atoms with Crippen LogP contribution in [0.5, 0.6) is 0 Å². The zero-order valence-electron chi connectivity index (χ0n) is 14.2.